The second-order valence-corrected chi connectivity index (χ2v) is 8.48. The Kier molecular flexibility index (Phi) is 5.39. The van der Waals surface area contributed by atoms with E-state index in [2.05, 4.69) is 11.4 Å². The summed E-state index contributed by atoms with van der Waals surface area (Å²) in [6.07, 6.45) is 5.19. The van der Waals surface area contributed by atoms with E-state index in [1.807, 2.05) is 44.2 Å². The summed E-state index contributed by atoms with van der Waals surface area (Å²) in [6, 6.07) is 11.7. The number of aryl methyl sites for hydroxylation is 1. The molecule has 0 saturated heterocycles. The maximum Gasteiger partial charge on any atom is 0.258 e. The molecule has 1 N–H and O–H groups in total. The fourth-order valence-corrected chi connectivity index (χ4v) is 4.35. The number of hydrogen-bond acceptors (Lipinski definition) is 4. The Balaban J connectivity index is 1.46. The van der Waals surface area contributed by atoms with E-state index in [0.717, 1.165) is 35.7 Å². The van der Waals surface area contributed by atoms with E-state index >= 15 is 0 Å². The molecular formula is C24H29NO4. The lowest BCUT2D eigenvalue weighted by Gasteiger charge is -2.38. The summed E-state index contributed by atoms with van der Waals surface area (Å²) in [7, 11) is 1.64. The minimum Gasteiger partial charge on any atom is -0.497 e. The van der Waals surface area contributed by atoms with E-state index < -0.39 is 0 Å². The average molecular weight is 395 g/mol. The summed E-state index contributed by atoms with van der Waals surface area (Å²) in [5.41, 5.74) is 3.18. The van der Waals surface area contributed by atoms with Crippen molar-refractivity contribution in [2.75, 3.05) is 13.7 Å². The Hall–Kier alpha value is -2.69. The predicted molar refractivity (Wildman–Crippen MR) is 112 cm³/mol. The second-order valence-electron chi connectivity index (χ2n) is 8.48. The molecule has 4 rings (SSSR count). The number of hydrogen-bond donors (Lipinski definition) is 1. The summed E-state index contributed by atoms with van der Waals surface area (Å²) < 4.78 is 17.4. The lowest BCUT2D eigenvalue weighted by atomic mass is 9.89. The van der Waals surface area contributed by atoms with Gasteiger partial charge in [-0.15, -0.1) is 0 Å². The Morgan fingerprint density at radius 2 is 2.03 bits per heavy atom. The molecule has 0 unspecified atom stereocenters. The van der Waals surface area contributed by atoms with Crippen molar-refractivity contribution >= 4 is 5.91 Å². The molecule has 2 aliphatic rings. The molecule has 0 spiro atoms. The van der Waals surface area contributed by atoms with Gasteiger partial charge in [-0.3, -0.25) is 4.79 Å². The van der Waals surface area contributed by atoms with Crippen LogP contribution in [0.5, 0.6) is 17.2 Å². The number of benzene rings is 2. The van der Waals surface area contributed by atoms with Gasteiger partial charge in [0.15, 0.2) is 6.61 Å². The number of fused-ring (bicyclic) bond motifs is 2. The van der Waals surface area contributed by atoms with Gasteiger partial charge in [0.2, 0.25) is 0 Å². The first kappa shape index (κ1) is 19.6. The molecule has 0 saturated carbocycles. The molecule has 2 aromatic carbocycles. The number of amides is 1. The van der Waals surface area contributed by atoms with Crippen LogP contribution in [0.2, 0.25) is 0 Å². The normalized spacial score (nSPS) is 19.3. The Bertz CT molecular complexity index is 906. The Morgan fingerprint density at radius 3 is 2.86 bits per heavy atom. The average Bonchev–Trinajstić information content (AvgIpc) is 2.71. The van der Waals surface area contributed by atoms with Crippen LogP contribution < -0.4 is 19.5 Å². The van der Waals surface area contributed by atoms with Crippen molar-refractivity contribution < 1.29 is 19.0 Å². The van der Waals surface area contributed by atoms with Gasteiger partial charge in [-0.2, -0.15) is 0 Å². The Labute approximate surface area is 172 Å². The molecule has 1 aliphatic carbocycles. The lowest BCUT2D eigenvalue weighted by molar-refractivity contribution is -0.124. The standard InChI is InChI=1S/C24H29NO4/c1-24(2)14-20(19-13-17(27-3)11-12-22(19)29-24)25-23(26)15-28-21-10-6-8-16-7-4-5-9-18(16)21/h6,8,10-13,20H,4-5,7,9,14-15H2,1-3H3,(H,25,26)/t20-/m1/s1. The summed E-state index contributed by atoms with van der Waals surface area (Å²) in [6.45, 7) is 4.08. The van der Waals surface area contributed by atoms with E-state index in [1.165, 1.54) is 24.0 Å². The smallest absolute Gasteiger partial charge is 0.258 e. The SMILES string of the molecule is COc1ccc2c(c1)[C@H](NC(=O)COc1cccc3c1CCCC3)CC(C)(C)O2. The predicted octanol–water partition coefficient (Wildman–Crippen LogP) is 4.37. The number of carbonyl (C=O) groups is 1. The fraction of sp³-hybridized carbons (Fsp3) is 0.458. The van der Waals surface area contributed by atoms with E-state index in [1.54, 1.807) is 7.11 Å². The maximum absolute atomic E-state index is 12.7. The van der Waals surface area contributed by atoms with Crippen LogP contribution in [0.4, 0.5) is 0 Å². The monoisotopic (exact) mass is 395 g/mol. The van der Waals surface area contributed by atoms with Crippen LogP contribution in [0, 0.1) is 0 Å². The van der Waals surface area contributed by atoms with Crippen LogP contribution in [0.3, 0.4) is 0 Å². The second kappa shape index (κ2) is 7.97. The van der Waals surface area contributed by atoms with Crippen LogP contribution in [0.25, 0.3) is 0 Å². The third-order valence-corrected chi connectivity index (χ3v) is 5.72. The Morgan fingerprint density at radius 1 is 1.21 bits per heavy atom. The molecule has 1 heterocycles. The van der Waals surface area contributed by atoms with E-state index in [0.29, 0.717) is 6.42 Å². The van der Waals surface area contributed by atoms with Gasteiger partial charge in [-0.05, 0) is 74.9 Å². The zero-order chi connectivity index (χ0) is 20.4. The first-order valence-corrected chi connectivity index (χ1v) is 10.3. The van der Waals surface area contributed by atoms with E-state index in [-0.39, 0.29) is 24.2 Å². The lowest BCUT2D eigenvalue weighted by Crippen LogP contribution is -2.42. The van der Waals surface area contributed by atoms with Crippen LogP contribution in [-0.4, -0.2) is 25.2 Å². The van der Waals surface area contributed by atoms with Crippen LogP contribution in [-0.2, 0) is 17.6 Å². The molecule has 0 radical (unpaired) electrons. The van der Waals surface area contributed by atoms with Crippen molar-refractivity contribution in [3.05, 3.63) is 53.1 Å². The van der Waals surface area contributed by atoms with Gasteiger partial charge in [0.05, 0.1) is 13.2 Å². The van der Waals surface area contributed by atoms with Gasteiger partial charge in [0.25, 0.3) is 5.91 Å². The zero-order valence-electron chi connectivity index (χ0n) is 17.4. The van der Waals surface area contributed by atoms with Crippen molar-refractivity contribution in [3.8, 4) is 17.2 Å². The van der Waals surface area contributed by atoms with E-state index in [4.69, 9.17) is 14.2 Å². The molecule has 1 aliphatic heterocycles. The number of carbonyl (C=O) groups excluding carboxylic acids is 1. The van der Waals surface area contributed by atoms with Gasteiger partial charge in [-0.25, -0.2) is 0 Å². The van der Waals surface area contributed by atoms with Crippen molar-refractivity contribution in [1.82, 2.24) is 5.32 Å². The molecule has 154 valence electrons. The summed E-state index contributed by atoms with van der Waals surface area (Å²) in [5.74, 6) is 2.24. The summed E-state index contributed by atoms with van der Waals surface area (Å²) in [5, 5.41) is 3.13. The molecule has 0 fully saturated rings. The maximum atomic E-state index is 12.7. The van der Waals surface area contributed by atoms with Gasteiger partial charge in [0, 0.05) is 12.0 Å². The van der Waals surface area contributed by atoms with Crippen LogP contribution in [0.15, 0.2) is 36.4 Å². The third kappa shape index (κ3) is 4.34. The summed E-state index contributed by atoms with van der Waals surface area (Å²) >= 11 is 0. The van der Waals surface area contributed by atoms with Crippen LogP contribution in [0.1, 0.15) is 55.8 Å². The minimum atomic E-state index is -0.362. The number of ether oxygens (including phenoxy) is 3. The highest BCUT2D eigenvalue weighted by Gasteiger charge is 2.35. The van der Waals surface area contributed by atoms with Crippen LogP contribution >= 0.6 is 0 Å². The number of nitrogens with one attached hydrogen (secondary N) is 1. The molecule has 29 heavy (non-hydrogen) atoms. The van der Waals surface area contributed by atoms with Crippen molar-refractivity contribution in [3.63, 3.8) is 0 Å². The van der Waals surface area contributed by atoms with Gasteiger partial charge in [0.1, 0.15) is 22.8 Å². The minimum absolute atomic E-state index is 0.00748. The fourth-order valence-electron chi connectivity index (χ4n) is 4.35. The van der Waals surface area contributed by atoms with Gasteiger partial charge < -0.3 is 19.5 Å². The molecule has 5 nitrogen and oxygen atoms in total. The quantitative estimate of drug-likeness (QED) is 0.817. The first-order valence-electron chi connectivity index (χ1n) is 10.3. The topological polar surface area (TPSA) is 56.8 Å². The van der Waals surface area contributed by atoms with Crippen molar-refractivity contribution in [2.24, 2.45) is 0 Å². The third-order valence-electron chi connectivity index (χ3n) is 5.72. The van der Waals surface area contributed by atoms with Gasteiger partial charge in [-0.1, -0.05) is 12.1 Å². The highest BCUT2D eigenvalue weighted by atomic mass is 16.5. The highest BCUT2D eigenvalue weighted by molar-refractivity contribution is 5.78. The van der Waals surface area contributed by atoms with Crippen molar-refractivity contribution in [2.45, 2.75) is 57.6 Å². The van der Waals surface area contributed by atoms with E-state index in [9.17, 15) is 4.79 Å². The number of rotatable bonds is 5. The summed E-state index contributed by atoms with van der Waals surface area (Å²) in [4.78, 5) is 12.7. The highest BCUT2D eigenvalue weighted by Crippen LogP contribution is 2.41. The molecular weight excluding hydrogens is 366 g/mol. The molecule has 1 amide bonds. The molecule has 0 bridgehead atoms. The van der Waals surface area contributed by atoms with Crippen molar-refractivity contribution in [1.29, 1.82) is 0 Å². The molecule has 2 aromatic rings. The molecule has 5 heteroatoms. The molecule has 1 atom stereocenters. The molecule has 0 aromatic heterocycles. The van der Waals surface area contributed by atoms with Gasteiger partial charge >= 0.3 is 0 Å². The zero-order valence-corrected chi connectivity index (χ0v) is 17.4. The first-order chi connectivity index (χ1) is 13.9. The largest absolute Gasteiger partial charge is 0.497 e. The number of methoxy groups -OCH3 is 1.